The molecular weight excluding hydrogens is 258 g/mol. The minimum Gasteiger partial charge on any atom is -0.387 e. The van der Waals surface area contributed by atoms with Crippen LogP contribution in [0.4, 0.5) is 0 Å². The maximum Gasteiger partial charge on any atom is 0.138 e. The van der Waals surface area contributed by atoms with Crippen LogP contribution in [0.15, 0.2) is 12.4 Å². The number of aryl methyl sites for hydroxylation is 2. The van der Waals surface area contributed by atoms with Crippen LogP contribution in [0.25, 0.3) is 0 Å². The molecule has 0 spiro atoms. The van der Waals surface area contributed by atoms with Crippen LogP contribution in [0.2, 0.25) is 0 Å². The third kappa shape index (κ3) is 3.42. The molecule has 0 bridgehead atoms. The van der Waals surface area contributed by atoms with Crippen LogP contribution in [0.5, 0.6) is 0 Å². The summed E-state index contributed by atoms with van der Waals surface area (Å²) in [6, 6.07) is 2.06. The van der Waals surface area contributed by atoms with E-state index >= 15 is 0 Å². The van der Waals surface area contributed by atoms with Crippen molar-refractivity contribution in [2.45, 2.75) is 46.8 Å². The number of hydrogen-bond acceptors (Lipinski definition) is 4. The highest BCUT2D eigenvalue weighted by molar-refractivity contribution is 7.12. The molecule has 104 valence electrons. The van der Waals surface area contributed by atoms with Crippen LogP contribution in [0.1, 0.15) is 41.1 Å². The molecule has 4 nitrogen and oxygen atoms in total. The zero-order chi connectivity index (χ0) is 14.0. The maximum atomic E-state index is 10.3. The zero-order valence-corrected chi connectivity index (χ0v) is 12.7. The predicted molar refractivity (Wildman–Crippen MR) is 77.3 cm³/mol. The summed E-state index contributed by atoms with van der Waals surface area (Å²) in [5, 5.41) is 14.5. The highest BCUT2D eigenvalue weighted by Gasteiger charge is 2.16. The van der Waals surface area contributed by atoms with Gasteiger partial charge in [-0.3, -0.25) is 0 Å². The fraction of sp³-hybridized carbons (Fsp3) is 0.571. The summed E-state index contributed by atoms with van der Waals surface area (Å²) < 4.78 is 1.89. The highest BCUT2D eigenvalue weighted by atomic mass is 32.1. The van der Waals surface area contributed by atoms with E-state index in [9.17, 15) is 5.11 Å². The van der Waals surface area contributed by atoms with E-state index in [1.54, 1.807) is 17.7 Å². The Morgan fingerprint density at radius 2 is 2.11 bits per heavy atom. The minimum atomic E-state index is -0.493. The SMILES string of the molecule is Cc1cc(C(O)Cc2ncnn2CC(C)C)sc1C. The number of thiophene rings is 1. The van der Waals surface area contributed by atoms with Crippen LogP contribution in [-0.2, 0) is 13.0 Å². The molecule has 0 saturated carbocycles. The monoisotopic (exact) mass is 279 g/mol. The Morgan fingerprint density at radius 3 is 2.68 bits per heavy atom. The first kappa shape index (κ1) is 14.2. The van der Waals surface area contributed by atoms with Gasteiger partial charge in [0, 0.05) is 22.7 Å². The molecule has 1 atom stereocenters. The molecule has 2 heterocycles. The van der Waals surface area contributed by atoms with Crippen LogP contribution in [-0.4, -0.2) is 19.9 Å². The summed E-state index contributed by atoms with van der Waals surface area (Å²) in [5.74, 6) is 1.37. The second-order valence-corrected chi connectivity index (χ2v) is 6.65. The van der Waals surface area contributed by atoms with Gasteiger partial charge in [-0.2, -0.15) is 5.10 Å². The van der Waals surface area contributed by atoms with Gasteiger partial charge < -0.3 is 5.11 Å². The molecule has 2 aromatic heterocycles. The smallest absolute Gasteiger partial charge is 0.138 e. The Hall–Kier alpha value is -1.20. The number of rotatable bonds is 5. The van der Waals surface area contributed by atoms with E-state index in [0.717, 1.165) is 17.2 Å². The normalized spacial score (nSPS) is 13.2. The second kappa shape index (κ2) is 5.84. The van der Waals surface area contributed by atoms with Crippen molar-refractivity contribution in [2.24, 2.45) is 5.92 Å². The summed E-state index contributed by atoms with van der Waals surface area (Å²) in [7, 11) is 0. The molecule has 2 aromatic rings. The first-order valence-corrected chi connectivity index (χ1v) is 7.40. The van der Waals surface area contributed by atoms with E-state index in [4.69, 9.17) is 0 Å². The molecule has 2 rings (SSSR count). The maximum absolute atomic E-state index is 10.3. The average molecular weight is 279 g/mol. The summed E-state index contributed by atoms with van der Waals surface area (Å²) in [4.78, 5) is 6.53. The molecule has 0 aliphatic rings. The van der Waals surface area contributed by atoms with Crippen molar-refractivity contribution >= 4 is 11.3 Å². The lowest BCUT2D eigenvalue weighted by Gasteiger charge is -2.11. The Morgan fingerprint density at radius 1 is 1.37 bits per heavy atom. The molecule has 1 unspecified atom stereocenters. The number of aliphatic hydroxyl groups is 1. The van der Waals surface area contributed by atoms with Gasteiger partial charge in [-0.15, -0.1) is 11.3 Å². The van der Waals surface area contributed by atoms with Crippen molar-refractivity contribution < 1.29 is 5.11 Å². The lowest BCUT2D eigenvalue weighted by Crippen LogP contribution is -2.13. The van der Waals surface area contributed by atoms with Crippen LogP contribution < -0.4 is 0 Å². The number of aliphatic hydroxyl groups excluding tert-OH is 1. The minimum absolute atomic E-state index is 0.493. The molecule has 5 heteroatoms. The summed E-state index contributed by atoms with van der Waals surface area (Å²) in [6.45, 7) is 9.28. The van der Waals surface area contributed by atoms with Crippen molar-refractivity contribution in [1.29, 1.82) is 0 Å². The molecule has 0 aromatic carbocycles. The van der Waals surface area contributed by atoms with E-state index in [1.165, 1.54) is 10.4 Å². The second-order valence-electron chi connectivity index (χ2n) is 5.36. The standard InChI is InChI=1S/C14H21N3OS/c1-9(2)7-17-14(15-8-16-17)6-12(18)13-5-10(3)11(4)19-13/h5,8-9,12,18H,6-7H2,1-4H3. The molecule has 0 amide bonds. The van der Waals surface area contributed by atoms with Gasteiger partial charge in [0.1, 0.15) is 12.2 Å². The van der Waals surface area contributed by atoms with E-state index in [-0.39, 0.29) is 0 Å². The van der Waals surface area contributed by atoms with Gasteiger partial charge in [-0.25, -0.2) is 9.67 Å². The lowest BCUT2D eigenvalue weighted by molar-refractivity contribution is 0.177. The first-order chi connectivity index (χ1) is 8.97. The van der Waals surface area contributed by atoms with E-state index in [1.807, 2.05) is 4.68 Å². The van der Waals surface area contributed by atoms with Crippen LogP contribution in [0, 0.1) is 19.8 Å². The average Bonchev–Trinajstić information content (AvgIpc) is 2.87. The topological polar surface area (TPSA) is 50.9 Å². The Labute approximate surface area is 118 Å². The van der Waals surface area contributed by atoms with Crippen LogP contribution in [0.3, 0.4) is 0 Å². The van der Waals surface area contributed by atoms with Gasteiger partial charge in [-0.1, -0.05) is 13.8 Å². The molecule has 19 heavy (non-hydrogen) atoms. The largest absolute Gasteiger partial charge is 0.387 e. The molecular formula is C14H21N3OS. The lowest BCUT2D eigenvalue weighted by atomic mass is 10.1. The summed E-state index contributed by atoms with van der Waals surface area (Å²) in [5.41, 5.74) is 1.24. The van der Waals surface area contributed by atoms with E-state index < -0.39 is 6.10 Å². The van der Waals surface area contributed by atoms with E-state index in [2.05, 4.69) is 43.8 Å². The van der Waals surface area contributed by atoms with Crippen molar-refractivity contribution in [3.63, 3.8) is 0 Å². The van der Waals surface area contributed by atoms with E-state index in [0.29, 0.717) is 12.3 Å². The molecule has 0 saturated heterocycles. The van der Waals surface area contributed by atoms with Gasteiger partial charge in [0.05, 0.1) is 6.10 Å². The fourth-order valence-electron chi connectivity index (χ4n) is 1.98. The Bertz CT molecular complexity index is 525. The van der Waals surface area contributed by atoms with Crippen molar-refractivity contribution in [3.05, 3.63) is 33.5 Å². The Balaban J connectivity index is 2.10. The highest BCUT2D eigenvalue weighted by Crippen LogP contribution is 2.28. The number of hydrogen-bond donors (Lipinski definition) is 1. The summed E-state index contributed by atoms with van der Waals surface area (Å²) in [6.07, 6.45) is 1.59. The van der Waals surface area contributed by atoms with Gasteiger partial charge in [0.2, 0.25) is 0 Å². The van der Waals surface area contributed by atoms with Crippen molar-refractivity contribution in [1.82, 2.24) is 14.8 Å². The van der Waals surface area contributed by atoms with Gasteiger partial charge in [0.25, 0.3) is 0 Å². The van der Waals surface area contributed by atoms with Crippen LogP contribution >= 0.6 is 11.3 Å². The van der Waals surface area contributed by atoms with Gasteiger partial charge >= 0.3 is 0 Å². The first-order valence-electron chi connectivity index (χ1n) is 6.59. The third-order valence-electron chi connectivity index (χ3n) is 3.12. The molecule has 0 fully saturated rings. The van der Waals surface area contributed by atoms with Crippen molar-refractivity contribution in [3.8, 4) is 0 Å². The molecule has 0 aliphatic carbocycles. The zero-order valence-electron chi connectivity index (χ0n) is 11.9. The molecule has 0 radical (unpaired) electrons. The van der Waals surface area contributed by atoms with Crippen molar-refractivity contribution in [2.75, 3.05) is 0 Å². The fourth-order valence-corrected chi connectivity index (χ4v) is 3.01. The van der Waals surface area contributed by atoms with Gasteiger partial charge in [0.15, 0.2) is 0 Å². The number of nitrogens with zero attached hydrogens (tertiary/aromatic N) is 3. The van der Waals surface area contributed by atoms with Gasteiger partial charge in [-0.05, 0) is 31.4 Å². The Kier molecular flexibility index (Phi) is 4.37. The molecule has 1 N–H and O–H groups in total. The third-order valence-corrected chi connectivity index (χ3v) is 4.38. The summed E-state index contributed by atoms with van der Waals surface area (Å²) >= 11 is 1.66. The molecule has 0 aliphatic heterocycles. The quantitative estimate of drug-likeness (QED) is 0.915. The number of aromatic nitrogens is 3. The predicted octanol–water partition coefficient (Wildman–Crippen LogP) is 2.89.